The molecule has 0 saturated carbocycles. The van der Waals surface area contributed by atoms with Crippen LogP contribution in [0.1, 0.15) is 38.3 Å². The zero-order chi connectivity index (χ0) is 26.6. The summed E-state index contributed by atoms with van der Waals surface area (Å²) in [5, 5.41) is 0. The van der Waals surface area contributed by atoms with Gasteiger partial charge in [-0.25, -0.2) is 13.4 Å². The highest BCUT2D eigenvalue weighted by molar-refractivity contribution is 7.92. The van der Waals surface area contributed by atoms with Gasteiger partial charge in [-0.05, 0) is 78.8 Å². The molecule has 0 radical (unpaired) electrons. The highest BCUT2D eigenvalue weighted by Gasteiger charge is 2.19. The molecular formula is C31H34N2O3S. The molecule has 0 unspecified atom stereocenters. The van der Waals surface area contributed by atoms with Crippen molar-refractivity contribution >= 4 is 15.8 Å². The predicted octanol–water partition coefficient (Wildman–Crippen LogP) is 7.65. The lowest BCUT2D eigenvalue weighted by atomic mass is 9.93. The van der Waals surface area contributed by atoms with Crippen molar-refractivity contribution in [3.05, 3.63) is 96.1 Å². The molecule has 0 amide bonds. The van der Waals surface area contributed by atoms with Crippen LogP contribution in [0.25, 0.3) is 22.4 Å². The number of benzene rings is 3. The van der Waals surface area contributed by atoms with Gasteiger partial charge in [-0.1, -0.05) is 69.3 Å². The number of pyridine rings is 1. The summed E-state index contributed by atoms with van der Waals surface area (Å²) in [6, 6.07) is 26.0. The summed E-state index contributed by atoms with van der Waals surface area (Å²) >= 11 is 0. The van der Waals surface area contributed by atoms with Crippen LogP contribution in [0.5, 0.6) is 5.75 Å². The zero-order valence-electron chi connectivity index (χ0n) is 22.1. The Morgan fingerprint density at radius 1 is 0.838 bits per heavy atom. The Morgan fingerprint density at radius 2 is 1.51 bits per heavy atom. The highest BCUT2D eigenvalue weighted by atomic mass is 32.2. The first-order valence-corrected chi connectivity index (χ1v) is 13.9. The maximum Gasteiger partial charge on any atom is 0.263 e. The van der Waals surface area contributed by atoms with Gasteiger partial charge in [-0.3, -0.25) is 4.72 Å². The largest absolute Gasteiger partial charge is 0.494 e. The fourth-order valence-electron chi connectivity index (χ4n) is 4.15. The number of hydrogen-bond acceptors (Lipinski definition) is 4. The fourth-order valence-corrected chi connectivity index (χ4v) is 5.17. The van der Waals surface area contributed by atoms with Gasteiger partial charge in [0.2, 0.25) is 0 Å². The molecule has 4 aromatic rings. The number of aromatic nitrogens is 1. The second-order valence-electron chi connectivity index (χ2n) is 10.5. The van der Waals surface area contributed by atoms with Gasteiger partial charge in [-0.2, -0.15) is 0 Å². The van der Waals surface area contributed by atoms with Gasteiger partial charge in [0.15, 0.2) is 0 Å². The van der Waals surface area contributed by atoms with E-state index in [2.05, 4.69) is 25.5 Å². The normalized spacial score (nSPS) is 11.8. The number of anilines is 1. The molecule has 0 fully saturated rings. The van der Waals surface area contributed by atoms with Gasteiger partial charge in [0.05, 0.1) is 17.2 Å². The van der Waals surface area contributed by atoms with Crippen LogP contribution in [0.15, 0.2) is 89.8 Å². The van der Waals surface area contributed by atoms with Gasteiger partial charge in [0.1, 0.15) is 11.6 Å². The molecule has 0 aliphatic rings. The van der Waals surface area contributed by atoms with Crippen LogP contribution in [0.3, 0.4) is 0 Å². The number of rotatable bonds is 8. The molecule has 1 N–H and O–H groups in total. The van der Waals surface area contributed by atoms with E-state index in [0.29, 0.717) is 6.61 Å². The van der Waals surface area contributed by atoms with E-state index in [0.717, 1.165) is 45.7 Å². The van der Waals surface area contributed by atoms with Crippen LogP contribution in [-0.2, 0) is 10.0 Å². The Hall–Kier alpha value is -3.64. The molecule has 192 valence electrons. The van der Waals surface area contributed by atoms with E-state index in [-0.39, 0.29) is 16.1 Å². The highest BCUT2D eigenvalue weighted by Crippen LogP contribution is 2.37. The summed E-state index contributed by atoms with van der Waals surface area (Å²) < 4.78 is 34.7. The Kier molecular flexibility index (Phi) is 7.69. The van der Waals surface area contributed by atoms with Crippen LogP contribution in [0, 0.1) is 19.3 Å². The lowest BCUT2D eigenvalue weighted by Crippen LogP contribution is -2.14. The molecule has 3 aromatic carbocycles. The van der Waals surface area contributed by atoms with E-state index in [1.807, 2.05) is 62.4 Å². The van der Waals surface area contributed by atoms with Crippen LogP contribution in [-0.4, -0.2) is 20.0 Å². The molecule has 0 atom stereocenters. The van der Waals surface area contributed by atoms with Crippen molar-refractivity contribution in [2.75, 3.05) is 11.3 Å². The molecule has 4 rings (SSSR count). The molecule has 0 aliphatic heterocycles. The average molecular weight is 515 g/mol. The third-order valence-electron chi connectivity index (χ3n) is 6.17. The van der Waals surface area contributed by atoms with Gasteiger partial charge < -0.3 is 4.74 Å². The monoisotopic (exact) mass is 514 g/mol. The lowest BCUT2D eigenvalue weighted by molar-refractivity contribution is 0.243. The first kappa shape index (κ1) is 26.4. The molecule has 0 spiro atoms. The van der Waals surface area contributed by atoms with Gasteiger partial charge >= 0.3 is 0 Å². The van der Waals surface area contributed by atoms with Crippen molar-refractivity contribution in [3.63, 3.8) is 0 Å². The second kappa shape index (κ2) is 10.8. The Bertz CT molecular complexity index is 1470. The van der Waals surface area contributed by atoms with Crippen molar-refractivity contribution in [2.45, 2.75) is 45.9 Å². The molecule has 1 heterocycles. The molecule has 37 heavy (non-hydrogen) atoms. The van der Waals surface area contributed by atoms with Crippen LogP contribution in [0.2, 0.25) is 0 Å². The third kappa shape index (κ3) is 6.57. The van der Waals surface area contributed by atoms with E-state index in [4.69, 9.17) is 9.72 Å². The number of aryl methyl sites for hydroxylation is 2. The smallest absolute Gasteiger partial charge is 0.263 e. The summed E-state index contributed by atoms with van der Waals surface area (Å²) in [6.45, 7) is 11.3. The van der Waals surface area contributed by atoms with Crippen molar-refractivity contribution in [2.24, 2.45) is 5.41 Å². The van der Waals surface area contributed by atoms with E-state index in [1.54, 1.807) is 36.4 Å². The molecule has 1 aromatic heterocycles. The van der Waals surface area contributed by atoms with E-state index in [1.165, 1.54) is 0 Å². The zero-order valence-corrected chi connectivity index (χ0v) is 22.9. The van der Waals surface area contributed by atoms with Crippen molar-refractivity contribution in [3.8, 4) is 28.1 Å². The summed E-state index contributed by atoms with van der Waals surface area (Å²) in [7, 11) is -3.77. The minimum atomic E-state index is -3.77. The summed E-state index contributed by atoms with van der Waals surface area (Å²) in [4.78, 5) is 5.03. The summed E-state index contributed by atoms with van der Waals surface area (Å²) in [5.74, 6) is 1.06. The average Bonchev–Trinajstić information content (AvgIpc) is 2.84. The van der Waals surface area contributed by atoms with Crippen LogP contribution >= 0.6 is 0 Å². The summed E-state index contributed by atoms with van der Waals surface area (Å²) in [5.41, 5.74) is 5.88. The fraction of sp³-hybridized carbons (Fsp3) is 0.258. The second-order valence-corrected chi connectivity index (χ2v) is 12.1. The molecule has 6 heteroatoms. The predicted molar refractivity (Wildman–Crippen MR) is 151 cm³/mol. The molecular weight excluding hydrogens is 480 g/mol. The van der Waals surface area contributed by atoms with Crippen molar-refractivity contribution in [1.29, 1.82) is 0 Å². The van der Waals surface area contributed by atoms with E-state index in [9.17, 15) is 8.42 Å². The minimum Gasteiger partial charge on any atom is -0.494 e. The van der Waals surface area contributed by atoms with Crippen molar-refractivity contribution in [1.82, 2.24) is 4.98 Å². The van der Waals surface area contributed by atoms with E-state index < -0.39 is 10.0 Å². The molecule has 0 bridgehead atoms. The first-order chi connectivity index (χ1) is 17.5. The Balaban J connectivity index is 1.76. The molecule has 0 aliphatic carbocycles. The number of nitrogens with one attached hydrogen (secondary N) is 1. The quantitative estimate of drug-likeness (QED) is 0.262. The number of hydrogen-bond donors (Lipinski definition) is 1. The number of ether oxygens (including phenoxy) is 1. The number of nitrogens with zero attached hydrogens (tertiary/aromatic N) is 1. The van der Waals surface area contributed by atoms with Gasteiger partial charge in [-0.15, -0.1) is 0 Å². The SMILES string of the molecule is Cc1cccc(C)c1-c1nc(NS(=O)(=O)c2ccccc2)ccc1-c1cccc(OCCC(C)(C)C)c1. The summed E-state index contributed by atoms with van der Waals surface area (Å²) in [6.07, 6.45) is 0.947. The van der Waals surface area contributed by atoms with E-state index >= 15 is 0 Å². The third-order valence-corrected chi connectivity index (χ3v) is 7.54. The van der Waals surface area contributed by atoms with Crippen LogP contribution < -0.4 is 9.46 Å². The Labute approximate surface area is 220 Å². The maximum absolute atomic E-state index is 13.0. The standard InChI is InChI=1S/C31H34N2O3S/c1-22-11-9-12-23(2)29(22)30-27(24-13-10-14-25(21-24)36-20-19-31(3,4)5)17-18-28(32-30)33-37(34,35)26-15-7-6-8-16-26/h6-18,21H,19-20H2,1-5H3,(H,32,33). The van der Waals surface area contributed by atoms with Crippen LogP contribution in [0.4, 0.5) is 5.82 Å². The number of sulfonamides is 1. The van der Waals surface area contributed by atoms with Gasteiger partial charge in [0.25, 0.3) is 10.0 Å². The topological polar surface area (TPSA) is 68.3 Å². The Morgan fingerprint density at radius 3 is 2.19 bits per heavy atom. The van der Waals surface area contributed by atoms with Crippen molar-refractivity contribution < 1.29 is 13.2 Å². The van der Waals surface area contributed by atoms with Gasteiger partial charge in [0, 0.05) is 11.1 Å². The molecule has 0 saturated heterocycles. The first-order valence-electron chi connectivity index (χ1n) is 12.4. The minimum absolute atomic E-state index is 0.189. The lowest BCUT2D eigenvalue weighted by Gasteiger charge is -2.19. The maximum atomic E-state index is 13.0. The molecule has 5 nitrogen and oxygen atoms in total.